The Morgan fingerprint density at radius 2 is 0.905 bits per heavy atom. The monoisotopic (exact) mass is 1130 g/mol. The Labute approximate surface area is 453 Å². The minimum atomic E-state index is -3.46. The van der Waals surface area contributed by atoms with Crippen molar-refractivity contribution in [1.82, 2.24) is 18.4 Å². The minimum Gasteiger partial charge on any atom is -0.370 e. The van der Waals surface area contributed by atoms with E-state index < -0.39 is 92.3 Å². The van der Waals surface area contributed by atoms with Gasteiger partial charge in [-0.15, -0.1) is 0 Å². The van der Waals surface area contributed by atoms with Crippen LogP contribution in [0.25, 0.3) is 0 Å². The van der Waals surface area contributed by atoms with Gasteiger partial charge in [0.2, 0.25) is 31.9 Å². The van der Waals surface area contributed by atoms with E-state index in [1.54, 1.807) is 84.6 Å². The maximum atomic E-state index is 13.9. The van der Waals surface area contributed by atoms with Crippen molar-refractivity contribution in [2.75, 3.05) is 27.2 Å². The van der Waals surface area contributed by atoms with E-state index in [4.69, 9.17) is 67.3 Å². The fourth-order valence-corrected chi connectivity index (χ4v) is 13.6. The van der Waals surface area contributed by atoms with Crippen molar-refractivity contribution in [3.8, 4) is 0 Å². The van der Waals surface area contributed by atoms with Crippen molar-refractivity contribution in [3.63, 3.8) is 0 Å². The number of carbonyl (C=O) groups excluding carboxylic acids is 4. The first-order valence-corrected chi connectivity index (χ1v) is 29.0. The number of sulfonamides is 2. The molecule has 0 spiro atoms. The Morgan fingerprint density at radius 1 is 0.568 bits per heavy atom. The number of primary amides is 2. The van der Waals surface area contributed by atoms with E-state index in [2.05, 4.69) is 0 Å². The molecule has 8 rings (SSSR count). The molecule has 0 radical (unpaired) electrons. The first kappa shape index (κ1) is 57.4. The third kappa shape index (κ3) is 13.4. The summed E-state index contributed by atoms with van der Waals surface area (Å²) in [6.07, 6.45) is -0.696. The molecule has 4 amide bonds. The van der Waals surface area contributed by atoms with Crippen LogP contribution in [-0.2, 0) is 48.7 Å². The summed E-state index contributed by atoms with van der Waals surface area (Å²) < 4.78 is 67.0. The number of hydrogen-bond acceptors (Lipinski definition) is 10. The predicted molar refractivity (Wildman–Crippen MR) is 285 cm³/mol. The molecule has 400 valence electrons. The summed E-state index contributed by atoms with van der Waals surface area (Å²) in [6, 6.07) is 26.2. The van der Waals surface area contributed by atoms with Crippen LogP contribution in [-0.4, -0.2) is 121 Å². The fourth-order valence-electron chi connectivity index (χ4n) is 9.72. The molecule has 74 heavy (non-hydrogen) atoms. The molecular formula is C52H62Cl4N6O10S2. The number of morpholine rings is 2. The lowest BCUT2D eigenvalue weighted by Gasteiger charge is -2.48. The van der Waals surface area contributed by atoms with Gasteiger partial charge in [-0.25, -0.2) is 25.4 Å². The number of amides is 4. The summed E-state index contributed by atoms with van der Waals surface area (Å²) in [4.78, 5) is 54.9. The summed E-state index contributed by atoms with van der Waals surface area (Å²) in [7, 11) is -3.83. The summed E-state index contributed by atoms with van der Waals surface area (Å²) in [5.74, 6) is -2.17. The largest absolute Gasteiger partial charge is 0.370 e. The number of halogens is 4. The van der Waals surface area contributed by atoms with Gasteiger partial charge >= 0.3 is 0 Å². The fraction of sp³-hybridized carbons (Fsp3) is 0.462. The number of hydrogen-bond donors (Lipinski definition) is 2. The molecule has 2 saturated carbocycles. The number of likely N-dealkylation sites (N-methyl/N-ethyl adjacent to an activating group) is 2. The van der Waals surface area contributed by atoms with Crippen molar-refractivity contribution in [3.05, 3.63) is 139 Å². The first-order chi connectivity index (χ1) is 35.0. The molecule has 0 bridgehead atoms. The molecule has 2 aliphatic carbocycles. The second-order valence-corrected chi connectivity index (χ2v) is 25.6. The van der Waals surface area contributed by atoms with Crippen LogP contribution < -0.4 is 11.5 Å². The summed E-state index contributed by atoms with van der Waals surface area (Å²) in [5.41, 5.74) is 13.9. The van der Waals surface area contributed by atoms with Crippen LogP contribution in [0.5, 0.6) is 0 Å². The third-order valence-electron chi connectivity index (χ3n) is 13.8. The standard InChI is InChI=1S/2C26H31Cl2N3O5S/c2*1-3-20(15-30(2)37(34,35)21-11-12-21)31-24(16-7-9-18(27)10-8-16)25(17-5-4-6-19(28)13-17)36-22(26(31)33)14-23(29)32/h2*4-10,13,20-22,24-25H,3,11-12,14-15H2,1-2H3,(H2,29,32)/t20-,22+,24+,25+;20-,22-,24+,25+/m00/s1. The van der Waals surface area contributed by atoms with Crippen LogP contribution in [0.3, 0.4) is 0 Å². The number of ether oxygens (including phenoxy) is 2. The minimum absolute atomic E-state index is 0.108. The number of nitrogens with zero attached hydrogens (tertiary/aromatic N) is 4. The molecule has 4 aliphatic rings. The highest BCUT2D eigenvalue weighted by Gasteiger charge is 2.50. The van der Waals surface area contributed by atoms with Crippen molar-refractivity contribution in [2.45, 2.75) is 124 Å². The highest BCUT2D eigenvalue weighted by Crippen LogP contribution is 2.47. The van der Waals surface area contributed by atoms with Gasteiger partial charge in [-0.1, -0.05) is 109 Å². The van der Waals surface area contributed by atoms with Gasteiger partial charge in [0.25, 0.3) is 11.8 Å². The predicted octanol–water partition coefficient (Wildman–Crippen LogP) is 8.16. The third-order valence-corrected chi connectivity index (χ3v) is 19.5. The van der Waals surface area contributed by atoms with Crippen LogP contribution in [0.2, 0.25) is 20.1 Å². The molecule has 22 heteroatoms. The zero-order valence-electron chi connectivity index (χ0n) is 41.4. The lowest BCUT2D eigenvalue weighted by molar-refractivity contribution is -0.181. The normalized spacial score (nSPS) is 23.3. The van der Waals surface area contributed by atoms with Crippen LogP contribution in [0.4, 0.5) is 0 Å². The number of rotatable bonds is 20. The molecular weight excluding hydrogens is 1070 g/mol. The van der Waals surface area contributed by atoms with E-state index in [-0.39, 0.29) is 36.4 Å². The maximum absolute atomic E-state index is 13.9. The van der Waals surface area contributed by atoms with Gasteiger partial charge in [-0.05, 0) is 109 Å². The van der Waals surface area contributed by atoms with Crippen molar-refractivity contribution in [2.24, 2.45) is 11.5 Å². The molecule has 4 aromatic carbocycles. The van der Waals surface area contributed by atoms with Gasteiger partial charge in [0, 0.05) is 59.4 Å². The Hall–Kier alpha value is -4.34. The summed E-state index contributed by atoms with van der Waals surface area (Å²) >= 11 is 24.9. The Balaban J connectivity index is 0.000000216. The molecule has 0 aromatic heterocycles. The second kappa shape index (κ2) is 24.3. The molecule has 4 aromatic rings. The Morgan fingerprint density at radius 3 is 1.19 bits per heavy atom. The van der Waals surface area contributed by atoms with Crippen molar-refractivity contribution in [1.29, 1.82) is 0 Å². The number of benzene rings is 4. The zero-order valence-corrected chi connectivity index (χ0v) is 46.1. The van der Waals surface area contributed by atoms with Crippen molar-refractivity contribution >= 4 is 90.1 Å². The summed E-state index contributed by atoms with van der Waals surface area (Å²) in [5, 5.41) is 1.31. The van der Waals surface area contributed by atoms with E-state index in [0.29, 0.717) is 69.7 Å². The van der Waals surface area contributed by atoms with Crippen LogP contribution in [0.1, 0.15) is 112 Å². The quantitative estimate of drug-likeness (QED) is 0.0865. The molecule has 8 atom stereocenters. The second-order valence-electron chi connectivity index (χ2n) is 19.2. The van der Waals surface area contributed by atoms with Crippen LogP contribution >= 0.6 is 46.4 Å². The topological polar surface area (TPSA) is 220 Å². The number of nitrogens with two attached hydrogens (primary N) is 2. The van der Waals surface area contributed by atoms with E-state index >= 15 is 0 Å². The van der Waals surface area contributed by atoms with Gasteiger partial charge in [-0.2, -0.15) is 0 Å². The van der Waals surface area contributed by atoms with Crippen LogP contribution in [0, 0.1) is 0 Å². The van der Waals surface area contributed by atoms with Gasteiger partial charge < -0.3 is 30.7 Å². The van der Waals surface area contributed by atoms with Gasteiger partial charge in [0.1, 0.15) is 24.4 Å². The average Bonchev–Trinajstić information content (AvgIpc) is 4.29. The zero-order chi connectivity index (χ0) is 53.8. The molecule has 0 unspecified atom stereocenters. The molecule has 2 heterocycles. The van der Waals surface area contributed by atoms with Crippen molar-refractivity contribution < 1.29 is 45.5 Å². The Kier molecular flexibility index (Phi) is 18.9. The van der Waals surface area contributed by atoms with E-state index in [1.165, 1.54) is 8.61 Å². The van der Waals surface area contributed by atoms with E-state index in [9.17, 15) is 36.0 Å². The van der Waals surface area contributed by atoms with Crippen LogP contribution in [0.15, 0.2) is 97.1 Å². The lowest BCUT2D eigenvalue weighted by atomic mass is 9.89. The Bertz CT molecular complexity index is 2700. The molecule has 2 saturated heterocycles. The SMILES string of the molecule is CC[C@@H](CN(C)S(=O)(=O)C1CC1)N1C(=O)[C@@H](CC(N)=O)O[C@H](c2cccc(Cl)c2)[C@H]1c1ccc(Cl)cc1.CC[C@@H](CN(C)S(=O)(=O)C1CC1)N1C(=O)[C@H](CC(N)=O)O[C@H](c2cccc(Cl)c2)[C@H]1c1ccc(Cl)cc1. The first-order valence-electron chi connectivity index (χ1n) is 24.5. The average molecular weight is 1140 g/mol. The lowest BCUT2D eigenvalue weighted by Crippen LogP contribution is -2.57. The smallest absolute Gasteiger partial charge is 0.253 e. The van der Waals surface area contributed by atoms with Gasteiger partial charge in [0.05, 0.1) is 35.4 Å². The molecule has 4 fully saturated rings. The molecule has 2 aliphatic heterocycles. The van der Waals surface area contributed by atoms with Gasteiger partial charge in [-0.3, -0.25) is 19.2 Å². The molecule has 16 nitrogen and oxygen atoms in total. The van der Waals surface area contributed by atoms with Gasteiger partial charge in [0.15, 0.2) is 0 Å². The summed E-state index contributed by atoms with van der Waals surface area (Å²) in [6.45, 7) is 4.02. The highest BCUT2D eigenvalue weighted by molar-refractivity contribution is 7.90. The van der Waals surface area contributed by atoms with E-state index in [0.717, 1.165) is 11.1 Å². The maximum Gasteiger partial charge on any atom is 0.253 e. The highest BCUT2D eigenvalue weighted by atomic mass is 35.5. The number of carbonyl (C=O) groups is 4. The van der Waals surface area contributed by atoms with E-state index in [1.807, 2.05) is 50.2 Å². The molecule has 4 N–H and O–H groups in total.